The van der Waals surface area contributed by atoms with Crippen LogP contribution in [0.3, 0.4) is 0 Å². The Bertz CT molecular complexity index is 620. The summed E-state index contributed by atoms with van der Waals surface area (Å²) in [7, 11) is 1.63. The predicted molar refractivity (Wildman–Crippen MR) is 86.5 cm³/mol. The lowest BCUT2D eigenvalue weighted by molar-refractivity contribution is -0.114. The summed E-state index contributed by atoms with van der Waals surface area (Å²) in [6.07, 6.45) is 3.39. The molecule has 0 aliphatic rings. The van der Waals surface area contributed by atoms with Gasteiger partial charge in [-0.05, 0) is 42.8 Å². The van der Waals surface area contributed by atoms with Gasteiger partial charge in [0.1, 0.15) is 5.75 Å². The number of benzene rings is 2. The maximum absolute atomic E-state index is 12.3. The summed E-state index contributed by atoms with van der Waals surface area (Å²) in [5.74, 6) is 0.742. The zero-order valence-electron chi connectivity index (χ0n) is 12.3. The number of rotatable bonds is 5. The van der Waals surface area contributed by atoms with Crippen LogP contribution in [-0.2, 0) is 4.79 Å². The van der Waals surface area contributed by atoms with Crippen LogP contribution in [0.25, 0.3) is 6.08 Å². The molecule has 21 heavy (non-hydrogen) atoms. The molecule has 0 fully saturated rings. The molecule has 0 N–H and O–H groups in total. The molecule has 0 unspecified atom stereocenters. The van der Waals surface area contributed by atoms with Crippen LogP contribution in [-0.4, -0.2) is 19.6 Å². The van der Waals surface area contributed by atoms with Gasteiger partial charge in [-0.2, -0.15) is 0 Å². The Hall–Kier alpha value is -2.55. The van der Waals surface area contributed by atoms with E-state index in [0.29, 0.717) is 6.54 Å². The van der Waals surface area contributed by atoms with E-state index in [1.54, 1.807) is 24.2 Å². The predicted octanol–water partition coefficient (Wildman–Crippen LogP) is 3.76. The molecule has 0 bridgehead atoms. The maximum atomic E-state index is 12.3. The van der Waals surface area contributed by atoms with Crippen molar-refractivity contribution >= 4 is 17.7 Å². The lowest BCUT2D eigenvalue weighted by Crippen LogP contribution is -2.28. The van der Waals surface area contributed by atoms with Crippen molar-refractivity contribution in [2.75, 3.05) is 18.6 Å². The molecule has 0 aromatic heterocycles. The van der Waals surface area contributed by atoms with Gasteiger partial charge in [0.05, 0.1) is 7.11 Å². The van der Waals surface area contributed by atoms with Gasteiger partial charge >= 0.3 is 0 Å². The summed E-state index contributed by atoms with van der Waals surface area (Å²) < 4.78 is 5.17. The second-order valence-electron chi connectivity index (χ2n) is 4.53. The number of anilines is 1. The van der Waals surface area contributed by atoms with Crippen molar-refractivity contribution in [1.82, 2.24) is 0 Å². The number of ether oxygens (including phenoxy) is 1. The van der Waals surface area contributed by atoms with E-state index in [1.165, 1.54) is 0 Å². The number of carbonyl (C=O) groups is 1. The molecular formula is C18H19NO2. The standard InChI is InChI=1S/C18H19NO2/c1-3-19(16-9-5-4-6-10-16)18(20)13-12-15-8-7-11-17(14-15)21-2/h4-14H,3H2,1-2H3/b13-12+. The van der Waals surface area contributed by atoms with E-state index in [0.717, 1.165) is 17.0 Å². The Morgan fingerprint density at radius 3 is 2.57 bits per heavy atom. The zero-order valence-corrected chi connectivity index (χ0v) is 12.3. The number of nitrogens with zero attached hydrogens (tertiary/aromatic N) is 1. The van der Waals surface area contributed by atoms with E-state index in [9.17, 15) is 4.79 Å². The highest BCUT2D eigenvalue weighted by Crippen LogP contribution is 2.16. The van der Waals surface area contributed by atoms with Gasteiger partial charge in [-0.25, -0.2) is 0 Å². The normalized spacial score (nSPS) is 10.6. The molecule has 0 heterocycles. The average molecular weight is 281 g/mol. The Balaban J connectivity index is 2.13. The second kappa shape index (κ2) is 7.29. The van der Waals surface area contributed by atoms with Crippen molar-refractivity contribution in [3.63, 3.8) is 0 Å². The first kappa shape index (κ1) is 14.9. The van der Waals surface area contributed by atoms with Crippen LogP contribution in [0.15, 0.2) is 60.7 Å². The third-order valence-electron chi connectivity index (χ3n) is 3.16. The number of hydrogen-bond acceptors (Lipinski definition) is 2. The van der Waals surface area contributed by atoms with Crippen LogP contribution in [0, 0.1) is 0 Å². The van der Waals surface area contributed by atoms with Crippen LogP contribution in [0.1, 0.15) is 12.5 Å². The molecule has 0 saturated carbocycles. The van der Waals surface area contributed by atoms with Crippen LogP contribution in [0.2, 0.25) is 0 Å². The maximum Gasteiger partial charge on any atom is 0.250 e. The van der Waals surface area contributed by atoms with Crippen LogP contribution in [0.5, 0.6) is 5.75 Å². The van der Waals surface area contributed by atoms with Crippen molar-refractivity contribution < 1.29 is 9.53 Å². The van der Waals surface area contributed by atoms with E-state index >= 15 is 0 Å². The molecule has 3 nitrogen and oxygen atoms in total. The highest BCUT2D eigenvalue weighted by molar-refractivity contribution is 6.03. The Kier molecular flexibility index (Phi) is 5.16. The van der Waals surface area contributed by atoms with Gasteiger partial charge in [0.2, 0.25) is 0 Å². The van der Waals surface area contributed by atoms with Gasteiger partial charge in [0.25, 0.3) is 5.91 Å². The van der Waals surface area contributed by atoms with Gasteiger partial charge in [0, 0.05) is 18.3 Å². The number of amides is 1. The molecule has 2 aromatic carbocycles. The van der Waals surface area contributed by atoms with Crippen molar-refractivity contribution in [3.8, 4) is 5.75 Å². The summed E-state index contributed by atoms with van der Waals surface area (Å²) in [4.78, 5) is 14.0. The Morgan fingerprint density at radius 2 is 1.90 bits per heavy atom. The van der Waals surface area contributed by atoms with E-state index < -0.39 is 0 Å². The fourth-order valence-electron chi connectivity index (χ4n) is 2.08. The fourth-order valence-corrected chi connectivity index (χ4v) is 2.08. The molecule has 0 atom stereocenters. The first-order chi connectivity index (χ1) is 10.2. The third kappa shape index (κ3) is 3.96. The van der Waals surface area contributed by atoms with Crippen molar-refractivity contribution in [3.05, 3.63) is 66.2 Å². The quantitative estimate of drug-likeness (QED) is 0.781. The first-order valence-electron chi connectivity index (χ1n) is 6.93. The molecule has 2 rings (SSSR count). The molecule has 0 spiro atoms. The van der Waals surface area contributed by atoms with Gasteiger partial charge < -0.3 is 9.64 Å². The molecule has 1 amide bonds. The SMILES string of the molecule is CCN(C(=O)/C=C/c1cccc(OC)c1)c1ccccc1. The van der Waals surface area contributed by atoms with E-state index in [4.69, 9.17) is 4.74 Å². The van der Waals surface area contributed by atoms with E-state index in [2.05, 4.69) is 0 Å². The van der Waals surface area contributed by atoms with Crippen LogP contribution >= 0.6 is 0 Å². The summed E-state index contributed by atoms with van der Waals surface area (Å²) in [5, 5.41) is 0. The molecule has 0 saturated heterocycles. The summed E-state index contributed by atoms with van der Waals surface area (Å²) in [5.41, 5.74) is 1.84. The number of hydrogen-bond donors (Lipinski definition) is 0. The zero-order chi connectivity index (χ0) is 15.1. The minimum absolute atomic E-state index is 0.0356. The van der Waals surface area contributed by atoms with E-state index in [1.807, 2.05) is 61.5 Å². The molecule has 0 aliphatic heterocycles. The minimum Gasteiger partial charge on any atom is -0.497 e. The van der Waals surface area contributed by atoms with Crippen LogP contribution in [0.4, 0.5) is 5.69 Å². The fraction of sp³-hybridized carbons (Fsp3) is 0.167. The Morgan fingerprint density at radius 1 is 1.14 bits per heavy atom. The topological polar surface area (TPSA) is 29.5 Å². The molecular weight excluding hydrogens is 262 g/mol. The highest BCUT2D eigenvalue weighted by atomic mass is 16.5. The molecule has 108 valence electrons. The molecule has 0 aliphatic carbocycles. The number of carbonyl (C=O) groups excluding carboxylic acids is 1. The van der Waals surface area contributed by atoms with Crippen molar-refractivity contribution in [2.45, 2.75) is 6.92 Å². The largest absolute Gasteiger partial charge is 0.497 e. The summed E-state index contributed by atoms with van der Waals surface area (Å²) in [6.45, 7) is 2.59. The van der Waals surface area contributed by atoms with Gasteiger partial charge in [0.15, 0.2) is 0 Å². The number of methoxy groups -OCH3 is 1. The van der Waals surface area contributed by atoms with Gasteiger partial charge in [-0.15, -0.1) is 0 Å². The number of para-hydroxylation sites is 1. The summed E-state index contributed by atoms with van der Waals surface area (Å²) in [6, 6.07) is 17.3. The lowest BCUT2D eigenvalue weighted by Gasteiger charge is -2.19. The van der Waals surface area contributed by atoms with Gasteiger partial charge in [-0.3, -0.25) is 4.79 Å². The molecule has 0 radical (unpaired) electrons. The average Bonchev–Trinajstić information content (AvgIpc) is 2.55. The highest BCUT2D eigenvalue weighted by Gasteiger charge is 2.09. The second-order valence-corrected chi connectivity index (χ2v) is 4.53. The van der Waals surface area contributed by atoms with Crippen molar-refractivity contribution in [2.24, 2.45) is 0 Å². The van der Waals surface area contributed by atoms with Crippen molar-refractivity contribution in [1.29, 1.82) is 0 Å². The third-order valence-corrected chi connectivity index (χ3v) is 3.16. The molecule has 3 heteroatoms. The molecule has 2 aromatic rings. The van der Waals surface area contributed by atoms with Crippen LogP contribution < -0.4 is 9.64 Å². The smallest absolute Gasteiger partial charge is 0.250 e. The first-order valence-corrected chi connectivity index (χ1v) is 6.93. The lowest BCUT2D eigenvalue weighted by atomic mass is 10.2. The van der Waals surface area contributed by atoms with E-state index in [-0.39, 0.29) is 5.91 Å². The summed E-state index contributed by atoms with van der Waals surface area (Å²) >= 11 is 0. The van der Waals surface area contributed by atoms with Gasteiger partial charge in [-0.1, -0.05) is 30.3 Å². The minimum atomic E-state index is -0.0356. The Labute approximate surface area is 125 Å². The monoisotopic (exact) mass is 281 g/mol. The number of likely N-dealkylation sites (N-methyl/N-ethyl adjacent to an activating group) is 1.